The van der Waals surface area contributed by atoms with E-state index >= 15 is 0 Å². The molecule has 0 heterocycles. The van der Waals surface area contributed by atoms with Crippen LogP contribution in [-0.2, 0) is 33.2 Å². The highest BCUT2D eigenvalue weighted by molar-refractivity contribution is 4.59. The van der Waals surface area contributed by atoms with E-state index < -0.39 is 0 Å². The molecule has 428 valence electrons. The maximum Gasteiger partial charge on any atom is 0.160 e. The van der Waals surface area contributed by atoms with Gasteiger partial charge >= 0.3 is 0 Å². The van der Waals surface area contributed by atoms with E-state index in [-0.39, 0.29) is 25.2 Å². The van der Waals surface area contributed by atoms with Gasteiger partial charge < -0.3 is 33.2 Å². The van der Waals surface area contributed by atoms with E-state index in [0.717, 1.165) is 142 Å². The van der Waals surface area contributed by atoms with Crippen LogP contribution >= 0.6 is 0 Å². The lowest BCUT2D eigenvalue weighted by Gasteiger charge is -2.26. The van der Waals surface area contributed by atoms with Gasteiger partial charge in [-0.25, -0.2) is 0 Å². The van der Waals surface area contributed by atoms with Crippen molar-refractivity contribution in [2.45, 2.75) is 375 Å². The lowest BCUT2D eigenvalue weighted by atomic mass is 10.1. The average Bonchev–Trinajstić information content (AvgIpc) is 3.37. The molecule has 2 atom stereocenters. The van der Waals surface area contributed by atoms with E-state index in [0.29, 0.717) is 0 Å². The summed E-state index contributed by atoms with van der Waals surface area (Å²) in [4.78, 5) is 0. The molecule has 0 aromatic rings. The molecular weight excluding hydrogens is 881 g/mol. The molecular formula is C64H130O7. The van der Waals surface area contributed by atoms with Crippen molar-refractivity contribution in [3.8, 4) is 0 Å². The second kappa shape index (κ2) is 62.3. The van der Waals surface area contributed by atoms with Crippen molar-refractivity contribution in [3.05, 3.63) is 0 Å². The minimum absolute atomic E-state index is 0.0595. The third-order valence-electron chi connectivity index (χ3n) is 14.4. The summed E-state index contributed by atoms with van der Waals surface area (Å²) >= 11 is 0. The van der Waals surface area contributed by atoms with Crippen molar-refractivity contribution in [1.82, 2.24) is 0 Å². The first-order chi connectivity index (χ1) is 35.1. The van der Waals surface area contributed by atoms with Gasteiger partial charge in [-0.05, 0) is 89.9 Å². The van der Waals surface area contributed by atoms with Gasteiger partial charge in [0.1, 0.15) is 0 Å². The van der Waals surface area contributed by atoms with Crippen LogP contribution in [0.25, 0.3) is 0 Å². The van der Waals surface area contributed by atoms with Gasteiger partial charge in [0, 0.05) is 39.6 Å². The van der Waals surface area contributed by atoms with Crippen LogP contribution < -0.4 is 0 Å². The van der Waals surface area contributed by atoms with Crippen LogP contribution in [0, 0.1) is 0 Å². The van der Waals surface area contributed by atoms with Crippen LogP contribution in [-0.4, -0.2) is 64.8 Å². The first kappa shape index (κ1) is 70.7. The molecule has 0 aliphatic carbocycles. The molecule has 7 nitrogen and oxygen atoms in total. The van der Waals surface area contributed by atoms with Gasteiger partial charge in [0.2, 0.25) is 0 Å². The Labute approximate surface area is 446 Å². The van der Waals surface area contributed by atoms with Gasteiger partial charge in [-0.3, -0.25) is 0 Å². The Balaban J connectivity index is 4.95. The van der Waals surface area contributed by atoms with Gasteiger partial charge in [-0.15, -0.1) is 0 Å². The van der Waals surface area contributed by atoms with Gasteiger partial charge in [0.25, 0.3) is 0 Å². The van der Waals surface area contributed by atoms with Crippen molar-refractivity contribution in [3.63, 3.8) is 0 Å². The molecule has 0 bridgehead atoms. The SMILES string of the molecule is CCCCCCCCCCOC(CCCCCCC(OCCCC)OC(CCCCCCC(OCCCCCCCCCC)OCCCCCCCCCC)OCCCC)OCCCCCCCCCC. The minimum Gasteiger partial charge on any atom is -0.353 e. The molecule has 0 aliphatic rings. The number of rotatable bonds is 64. The third kappa shape index (κ3) is 55.8. The Morgan fingerprint density at radius 2 is 0.338 bits per heavy atom. The zero-order valence-electron chi connectivity index (χ0n) is 49.4. The zero-order valence-corrected chi connectivity index (χ0v) is 49.4. The Kier molecular flexibility index (Phi) is 62.0. The summed E-state index contributed by atoms with van der Waals surface area (Å²) in [6.07, 6.45) is 59.3. The van der Waals surface area contributed by atoms with Crippen molar-refractivity contribution in [1.29, 1.82) is 0 Å². The van der Waals surface area contributed by atoms with Crippen LogP contribution in [0.3, 0.4) is 0 Å². The van der Waals surface area contributed by atoms with Gasteiger partial charge in [0.05, 0.1) is 0 Å². The van der Waals surface area contributed by atoms with Gasteiger partial charge in [-0.2, -0.15) is 0 Å². The maximum atomic E-state index is 6.70. The molecule has 0 rings (SSSR count). The van der Waals surface area contributed by atoms with Crippen LogP contribution in [0.1, 0.15) is 350 Å². The summed E-state index contributed by atoms with van der Waals surface area (Å²) in [5.41, 5.74) is 0. The zero-order chi connectivity index (χ0) is 51.4. The Morgan fingerprint density at radius 1 is 0.169 bits per heavy atom. The number of hydrogen-bond donors (Lipinski definition) is 0. The van der Waals surface area contributed by atoms with Gasteiger partial charge in [0.15, 0.2) is 25.2 Å². The summed E-state index contributed by atoms with van der Waals surface area (Å²) in [7, 11) is 0. The predicted molar refractivity (Wildman–Crippen MR) is 308 cm³/mol. The largest absolute Gasteiger partial charge is 0.353 e. The summed E-state index contributed by atoms with van der Waals surface area (Å²) < 4.78 is 45.1. The van der Waals surface area contributed by atoms with E-state index in [2.05, 4.69) is 41.5 Å². The summed E-state index contributed by atoms with van der Waals surface area (Å²) in [5, 5.41) is 0. The monoisotopic (exact) mass is 1010 g/mol. The topological polar surface area (TPSA) is 64.6 Å². The molecule has 71 heavy (non-hydrogen) atoms. The Bertz CT molecular complexity index is 821. The smallest absolute Gasteiger partial charge is 0.160 e. The molecule has 0 radical (unpaired) electrons. The highest BCUT2D eigenvalue weighted by Crippen LogP contribution is 2.21. The fourth-order valence-corrected chi connectivity index (χ4v) is 9.45. The lowest BCUT2D eigenvalue weighted by Crippen LogP contribution is -2.28. The fraction of sp³-hybridized carbons (Fsp3) is 1.00. The van der Waals surface area contributed by atoms with Crippen LogP contribution in [0.2, 0.25) is 0 Å². The van der Waals surface area contributed by atoms with Crippen molar-refractivity contribution in [2.24, 2.45) is 0 Å². The molecule has 0 spiro atoms. The van der Waals surface area contributed by atoms with E-state index in [1.807, 2.05) is 0 Å². The van der Waals surface area contributed by atoms with Crippen molar-refractivity contribution < 1.29 is 33.2 Å². The molecule has 0 aliphatic heterocycles. The summed E-state index contributed by atoms with van der Waals surface area (Å²) in [5.74, 6) is 0. The van der Waals surface area contributed by atoms with E-state index in [9.17, 15) is 0 Å². The first-order valence-corrected chi connectivity index (χ1v) is 32.5. The molecule has 0 saturated carbocycles. The fourth-order valence-electron chi connectivity index (χ4n) is 9.45. The predicted octanol–water partition coefficient (Wildman–Crippen LogP) is 21.3. The minimum atomic E-state index is -0.206. The molecule has 0 aromatic heterocycles. The Morgan fingerprint density at radius 3 is 0.577 bits per heavy atom. The van der Waals surface area contributed by atoms with Crippen LogP contribution in [0.4, 0.5) is 0 Å². The van der Waals surface area contributed by atoms with E-state index in [4.69, 9.17) is 33.2 Å². The quantitative estimate of drug-likeness (QED) is 0.0444. The second-order valence-corrected chi connectivity index (χ2v) is 21.7. The molecule has 0 saturated heterocycles. The summed E-state index contributed by atoms with van der Waals surface area (Å²) in [6, 6.07) is 0. The highest BCUT2D eigenvalue weighted by atomic mass is 16.8. The highest BCUT2D eigenvalue weighted by Gasteiger charge is 2.19. The summed E-state index contributed by atoms with van der Waals surface area (Å²) in [6.45, 7) is 18.5. The van der Waals surface area contributed by atoms with E-state index in [1.165, 1.54) is 205 Å². The van der Waals surface area contributed by atoms with Gasteiger partial charge in [-0.1, -0.05) is 260 Å². The lowest BCUT2D eigenvalue weighted by molar-refractivity contribution is -0.250. The molecule has 2 unspecified atom stereocenters. The maximum absolute atomic E-state index is 6.70. The van der Waals surface area contributed by atoms with Crippen molar-refractivity contribution in [2.75, 3.05) is 39.6 Å². The normalized spacial score (nSPS) is 12.8. The first-order valence-electron chi connectivity index (χ1n) is 32.5. The number of hydrogen-bond acceptors (Lipinski definition) is 7. The molecule has 0 amide bonds. The second-order valence-electron chi connectivity index (χ2n) is 21.7. The molecule has 0 aromatic carbocycles. The third-order valence-corrected chi connectivity index (χ3v) is 14.4. The average molecular weight is 1010 g/mol. The molecule has 0 N–H and O–H groups in total. The van der Waals surface area contributed by atoms with Crippen LogP contribution in [0.5, 0.6) is 0 Å². The Hall–Kier alpha value is -0.280. The number of ether oxygens (including phenoxy) is 7. The van der Waals surface area contributed by atoms with Crippen LogP contribution in [0.15, 0.2) is 0 Å². The number of unbranched alkanes of at least 4 members (excludes halogenated alkanes) is 36. The van der Waals surface area contributed by atoms with E-state index in [1.54, 1.807) is 0 Å². The standard InChI is InChI=1S/C64H130O7/c1-7-13-19-23-27-31-39-47-57-65-61(66-58-48-40-32-28-24-20-14-8-2)51-43-35-37-45-53-63(69-55-17-11-5)71-64(70-56-18-12-6)54-46-38-36-44-52-62(67-59-49-41-33-29-25-21-15-9-3)68-60-50-42-34-30-26-22-16-10-4/h61-64H,7-60H2,1-6H3. The molecule has 7 heteroatoms. The molecule has 0 fully saturated rings. The van der Waals surface area contributed by atoms with Crippen molar-refractivity contribution >= 4 is 0 Å².